The summed E-state index contributed by atoms with van der Waals surface area (Å²) in [5.74, 6) is 0.954. The molecule has 0 amide bonds. The van der Waals surface area contributed by atoms with E-state index in [2.05, 4.69) is 20.6 Å². The van der Waals surface area contributed by atoms with Gasteiger partial charge in [0.1, 0.15) is 0 Å². The van der Waals surface area contributed by atoms with Gasteiger partial charge in [0.05, 0.1) is 29.4 Å². The largest absolute Gasteiger partial charge is 0.476 e. The first-order chi connectivity index (χ1) is 14.0. The number of ether oxygens (including phenoxy) is 1. The molecule has 0 saturated carbocycles. The number of fused-ring (bicyclic) bond motifs is 1. The maximum atomic E-state index is 12.9. The van der Waals surface area contributed by atoms with Gasteiger partial charge >= 0.3 is 6.18 Å². The minimum absolute atomic E-state index is 0.352. The van der Waals surface area contributed by atoms with Crippen molar-refractivity contribution >= 4 is 22.4 Å². The smallest absolute Gasteiger partial charge is 0.416 e. The van der Waals surface area contributed by atoms with Crippen molar-refractivity contribution in [3.05, 3.63) is 54.2 Å². The molecule has 0 aliphatic carbocycles. The predicted molar refractivity (Wildman–Crippen MR) is 105 cm³/mol. The summed E-state index contributed by atoms with van der Waals surface area (Å²) >= 11 is 0. The highest BCUT2D eigenvalue weighted by molar-refractivity contribution is 5.80. The van der Waals surface area contributed by atoms with Gasteiger partial charge in [0.15, 0.2) is 0 Å². The number of halogens is 3. The Bertz CT molecular complexity index is 987. The predicted octanol–water partition coefficient (Wildman–Crippen LogP) is 4.77. The van der Waals surface area contributed by atoms with E-state index in [1.807, 2.05) is 0 Å². The average molecular weight is 402 g/mol. The molecule has 0 radical (unpaired) electrons. The first kappa shape index (κ1) is 19.4. The van der Waals surface area contributed by atoms with E-state index in [4.69, 9.17) is 4.74 Å². The van der Waals surface area contributed by atoms with E-state index in [1.54, 1.807) is 30.5 Å². The van der Waals surface area contributed by atoms with Crippen LogP contribution in [0, 0.1) is 5.92 Å². The van der Waals surface area contributed by atoms with Crippen molar-refractivity contribution in [1.29, 1.82) is 0 Å². The quantitative estimate of drug-likeness (QED) is 0.644. The van der Waals surface area contributed by atoms with E-state index in [-0.39, 0.29) is 0 Å². The van der Waals surface area contributed by atoms with Crippen molar-refractivity contribution in [2.45, 2.75) is 19.0 Å². The highest BCUT2D eigenvalue weighted by Crippen LogP contribution is 2.31. The molecule has 1 saturated heterocycles. The molecule has 5 nitrogen and oxygen atoms in total. The van der Waals surface area contributed by atoms with Crippen LogP contribution in [0.1, 0.15) is 18.4 Å². The van der Waals surface area contributed by atoms with Gasteiger partial charge in [0, 0.05) is 11.4 Å². The topological polar surface area (TPSA) is 59.1 Å². The third-order valence-corrected chi connectivity index (χ3v) is 4.92. The molecule has 152 valence electrons. The van der Waals surface area contributed by atoms with Crippen LogP contribution in [0.15, 0.2) is 48.7 Å². The summed E-state index contributed by atoms with van der Waals surface area (Å²) in [4.78, 5) is 8.86. The van der Waals surface area contributed by atoms with Crippen LogP contribution >= 0.6 is 0 Å². The molecule has 1 aliphatic heterocycles. The van der Waals surface area contributed by atoms with Gasteiger partial charge in [-0.15, -0.1) is 0 Å². The van der Waals surface area contributed by atoms with E-state index >= 15 is 0 Å². The summed E-state index contributed by atoms with van der Waals surface area (Å²) in [6.45, 7) is 2.61. The molecule has 1 fully saturated rings. The van der Waals surface area contributed by atoms with Gasteiger partial charge in [-0.3, -0.25) is 0 Å². The van der Waals surface area contributed by atoms with E-state index in [9.17, 15) is 13.2 Å². The Morgan fingerprint density at radius 1 is 1.03 bits per heavy atom. The average Bonchev–Trinajstić information content (AvgIpc) is 2.72. The van der Waals surface area contributed by atoms with E-state index in [1.165, 1.54) is 6.07 Å². The van der Waals surface area contributed by atoms with Gasteiger partial charge in [-0.25, -0.2) is 9.97 Å². The molecule has 3 aromatic rings. The van der Waals surface area contributed by atoms with Crippen molar-refractivity contribution in [2.75, 3.05) is 25.0 Å². The second-order valence-corrected chi connectivity index (χ2v) is 7.12. The SMILES string of the molecule is FC(F)(F)c1cccc(Nc2ccc3ncc(OCC4CCNCC4)nc3c2)c1. The maximum Gasteiger partial charge on any atom is 0.416 e. The molecule has 2 N–H and O–H groups in total. The van der Waals surface area contributed by atoms with Gasteiger partial charge in [-0.1, -0.05) is 6.07 Å². The van der Waals surface area contributed by atoms with Crippen molar-refractivity contribution in [3.8, 4) is 5.88 Å². The van der Waals surface area contributed by atoms with Crippen LogP contribution in [0.3, 0.4) is 0 Å². The molecule has 2 aromatic carbocycles. The summed E-state index contributed by atoms with van der Waals surface area (Å²) in [5.41, 5.74) is 1.59. The lowest BCUT2D eigenvalue weighted by Crippen LogP contribution is -2.30. The third kappa shape index (κ3) is 4.95. The zero-order valence-corrected chi connectivity index (χ0v) is 15.7. The van der Waals surface area contributed by atoms with Gasteiger partial charge in [0.25, 0.3) is 0 Å². The normalized spacial score (nSPS) is 15.4. The molecule has 8 heteroatoms. The minimum Gasteiger partial charge on any atom is -0.476 e. The summed E-state index contributed by atoms with van der Waals surface area (Å²) in [6, 6.07) is 10.4. The second kappa shape index (κ2) is 8.24. The Morgan fingerprint density at radius 3 is 2.62 bits per heavy atom. The number of piperidine rings is 1. The van der Waals surface area contributed by atoms with Gasteiger partial charge in [0.2, 0.25) is 5.88 Å². The lowest BCUT2D eigenvalue weighted by atomic mass is 9.99. The molecule has 0 spiro atoms. The van der Waals surface area contributed by atoms with Crippen LogP contribution in [0.2, 0.25) is 0 Å². The Balaban J connectivity index is 1.49. The third-order valence-electron chi connectivity index (χ3n) is 4.92. The number of nitrogens with one attached hydrogen (secondary N) is 2. The van der Waals surface area contributed by atoms with E-state index in [0.29, 0.717) is 40.8 Å². The van der Waals surface area contributed by atoms with Gasteiger partial charge in [-0.05, 0) is 68.2 Å². The summed E-state index contributed by atoms with van der Waals surface area (Å²) in [7, 11) is 0. The molecule has 29 heavy (non-hydrogen) atoms. The highest BCUT2D eigenvalue weighted by atomic mass is 19.4. The Hall–Kier alpha value is -2.87. The molecular weight excluding hydrogens is 381 g/mol. The second-order valence-electron chi connectivity index (χ2n) is 7.12. The van der Waals surface area contributed by atoms with Crippen LogP contribution in [-0.4, -0.2) is 29.7 Å². The number of benzene rings is 2. The first-order valence-corrected chi connectivity index (χ1v) is 9.52. The van der Waals surface area contributed by atoms with Gasteiger partial charge < -0.3 is 15.4 Å². The van der Waals surface area contributed by atoms with Crippen LogP contribution < -0.4 is 15.4 Å². The summed E-state index contributed by atoms with van der Waals surface area (Å²) in [5, 5.41) is 6.32. The van der Waals surface area contributed by atoms with E-state index in [0.717, 1.165) is 38.1 Å². The van der Waals surface area contributed by atoms with Crippen LogP contribution in [-0.2, 0) is 6.18 Å². The Kier molecular flexibility index (Phi) is 5.53. The van der Waals surface area contributed by atoms with E-state index < -0.39 is 11.7 Å². The standard InChI is InChI=1S/C21H21F3N4O/c22-21(23,24)15-2-1-3-16(10-15)27-17-4-5-18-19(11-17)28-20(12-26-18)29-13-14-6-8-25-9-7-14/h1-5,10-12,14,25,27H,6-9,13H2. The molecule has 2 heterocycles. The number of anilines is 2. The van der Waals surface area contributed by atoms with Crippen molar-refractivity contribution in [2.24, 2.45) is 5.92 Å². The Labute approximate surface area is 166 Å². The van der Waals surface area contributed by atoms with Crippen molar-refractivity contribution in [3.63, 3.8) is 0 Å². The zero-order valence-electron chi connectivity index (χ0n) is 15.7. The fraction of sp³-hybridized carbons (Fsp3) is 0.333. The van der Waals surface area contributed by atoms with Crippen LogP contribution in [0.5, 0.6) is 5.88 Å². The fourth-order valence-corrected chi connectivity index (χ4v) is 3.33. The van der Waals surface area contributed by atoms with Crippen molar-refractivity contribution in [1.82, 2.24) is 15.3 Å². The molecule has 0 atom stereocenters. The molecule has 0 bridgehead atoms. The maximum absolute atomic E-state index is 12.9. The summed E-state index contributed by atoms with van der Waals surface area (Å²) < 4.78 is 44.5. The molecule has 1 aliphatic rings. The van der Waals surface area contributed by atoms with Gasteiger partial charge in [-0.2, -0.15) is 13.2 Å². The number of hydrogen-bond donors (Lipinski definition) is 2. The molecule has 1 aromatic heterocycles. The van der Waals surface area contributed by atoms with Crippen LogP contribution in [0.25, 0.3) is 11.0 Å². The lowest BCUT2D eigenvalue weighted by molar-refractivity contribution is -0.137. The Morgan fingerprint density at radius 2 is 1.83 bits per heavy atom. The highest BCUT2D eigenvalue weighted by Gasteiger charge is 2.30. The zero-order chi connectivity index (χ0) is 20.3. The molecular formula is C21H21F3N4O. The number of hydrogen-bond acceptors (Lipinski definition) is 5. The van der Waals surface area contributed by atoms with Crippen molar-refractivity contribution < 1.29 is 17.9 Å². The van der Waals surface area contributed by atoms with Crippen LogP contribution in [0.4, 0.5) is 24.5 Å². The number of nitrogens with zero attached hydrogens (tertiary/aromatic N) is 2. The fourth-order valence-electron chi connectivity index (χ4n) is 3.33. The molecule has 0 unspecified atom stereocenters. The molecule has 4 rings (SSSR count). The monoisotopic (exact) mass is 402 g/mol. The number of alkyl halides is 3. The first-order valence-electron chi connectivity index (χ1n) is 9.52. The number of aromatic nitrogens is 2. The summed E-state index contributed by atoms with van der Waals surface area (Å²) in [6.07, 6.45) is -0.630. The minimum atomic E-state index is -4.38. The lowest BCUT2D eigenvalue weighted by Gasteiger charge is -2.22. The number of rotatable bonds is 5.